The number of hydrogen-bond acceptors (Lipinski definition) is 5. The zero-order valence-electron chi connectivity index (χ0n) is 15.2. The molecule has 2 heterocycles. The van der Waals surface area contributed by atoms with Crippen molar-refractivity contribution in [2.24, 2.45) is 0 Å². The van der Waals surface area contributed by atoms with Crippen molar-refractivity contribution in [3.63, 3.8) is 0 Å². The lowest BCUT2D eigenvalue weighted by atomic mass is 10.2. The highest BCUT2D eigenvalue weighted by Gasteiger charge is 2.27. The first-order valence-electron chi connectivity index (χ1n) is 9.22. The van der Waals surface area contributed by atoms with E-state index in [1.807, 2.05) is 0 Å². The van der Waals surface area contributed by atoms with Crippen molar-refractivity contribution < 1.29 is 22.7 Å². The fourth-order valence-electron chi connectivity index (χ4n) is 3.23. The molecule has 1 N–H and O–H groups in total. The van der Waals surface area contributed by atoms with E-state index in [4.69, 9.17) is 4.74 Å². The van der Waals surface area contributed by atoms with Crippen molar-refractivity contribution in [1.82, 2.24) is 9.21 Å². The topological polar surface area (TPSA) is 96.0 Å². The number of anilines is 1. The summed E-state index contributed by atoms with van der Waals surface area (Å²) in [7, 11) is -3.53. The summed E-state index contributed by atoms with van der Waals surface area (Å²) < 4.78 is 31.9. The largest absolute Gasteiger partial charge is 0.378 e. The lowest BCUT2D eigenvalue weighted by Gasteiger charge is -2.26. The number of morpholine rings is 1. The molecule has 2 amide bonds. The number of amides is 2. The monoisotopic (exact) mass is 395 g/mol. The molecule has 3 rings (SSSR count). The van der Waals surface area contributed by atoms with Gasteiger partial charge in [-0.25, -0.2) is 8.42 Å². The number of sulfonamides is 1. The Labute approximate surface area is 159 Å². The number of benzene rings is 1. The van der Waals surface area contributed by atoms with Gasteiger partial charge in [-0.1, -0.05) is 6.07 Å². The molecule has 0 bridgehead atoms. The summed E-state index contributed by atoms with van der Waals surface area (Å²) in [6.07, 6.45) is 1.91. The quantitative estimate of drug-likeness (QED) is 0.777. The minimum Gasteiger partial charge on any atom is -0.378 e. The van der Waals surface area contributed by atoms with E-state index >= 15 is 0 Å². The second kappa shape index (κ2) is 8.81. The summed E-state index contributed by atoms with van der Waals surface area (Å²) in [5.41, 5.74) is 0.416. The molecule has 0 aliphatic carbocycles. The Morgan fingerprint density at radius 3 is 2.44 bits per heavy atom. The van der Waals surface area contributed by atoms with E-state index in [1.165, 1.54) is 16.4 Å². The molecular weight excluding hydrogens is 370 g/mol. The van der Waals surface area contributed by atoms with E-state index in [-0.39, 0.29) is 29.6 Å². The van der Waals surface area contributed by atoms with Crippen LogP contribution in [0.3, 0.4) is 0 Å². The molecule has 0 spiro atoms. The van der Waals surface area contributed by atoms with Gasteiger partial charge in [0.2, 0.25) is 21.8 Å². The predicted molar refractivity (Wildman–Crippen MR) is 99.7 cm³/mol. The van der Waals surface area contributed by atoms with Gasteiger partial charge in [0.25, 0.3) is 0 Å². The summed E-state index contributed by atoms with van der Waals surface area (Å²) in [4.78, 5) is 26.1. The molecule has 2 fully saturated rings. The summed E-state index contributed by atoms with van der Waals surface area (Å²) in [5, 5.41) is 2.69. The van der Waals surface area contributed by atoms with E-state index in [9.17, 15) is 18.0 Å². The van der Waals surface area contributed by atoms with Gasteiger partial charge in [0.05, 0.1) is 18.1 Å². The maximum Gasteiger partial charge on any atom is 0.243 e. The Balaban J connectivity index is 1.55. The molecule has 0 radical (unpaired) electrons. The van der Waals surface area contributed by atoms with E-state index in [0.29, 0.717) is 45.1 Å². The number of ether oxygens (including phenoxy) is 1. The van der Waals surface area contributed by atoms with Gasteiger partial charge in [-0.05, 0) is 31.0 Å². The average Bonchev–Trinajstić information content (AvgIpc) is 3.23. The Hall–Kier alpha value is -1.97. The highest BCUT2D eigenvalue weighted by Crippen LogP contribution is 2.23. The second-order valence-electron chi connectivity index (χ2n) is 6.68. The first-order valence-corrected chi connectivity index (χ1v) is 10.7. The van der Waals surface area contributed by atoms with Crippen molar-refractivity contribution >= 4 is 27.5 Å². The van der Waals surface area contributed by atoms with Gasteiger partial charge in [0.1, 0.15) is 0 Å². The van der Waals surface area contributed by atoms with Crippen LogP contribution in [0.1, 0.15) is 25.7 Å². The zero-order chi connectivity index (χ0) is 19.3. The van der Waals surface area contributed by atoms with E-state index in [1.54, 1.807) is 17.0 Å². The molecule has 0 unspecified atom stereocenters. The third kappa shape index (κ3) is 5.06. The zero-order valence-corrected chi connectivity index (χ0v) is 16.0. The van der Waals surface area contributed by atoms with Crippen molar-refractivity contribution in [3.05, 3.63) is 24.3 Å². The average molecular weight is 395 g/mol. The number of carbonyl (C=O) groups excluding carboxylic acids is 2. The van der Waals surface area contributed by atoms with Crippen molar-refractivity contribution in [2.75, 3.05) is 44.7 Å². The smallest absolute Gasteiger partial charge is 0.243 e. The molecule has 2 aliphatic rings. The minimum atomic E-state index is -3.53. The molecule has 0 saturated carbocycles. The summed E-state index contributed by atoms with van der Waals surface area (Å²) >= 11 is 0. The lowest BCUT2D eigenvalue weighted by molar-refractivity contribution is -0.136. The molecule has 148 valence electrons. The molecule has 1 aromatic rings. The Morgan fingerprint density at radius 2 is 1.74 bits per heavy atom. The van der Waals surface area contributed by atoms with E-state index < -0.39 is 10.0 Å². The van der Waals surface area contributed by atoms with Crippen molar-refractivity contribution in [3.8, 4) is 0 Å². The fourth-order valence-corrected chi connectivity index (χ4v) is 4.79. The minimum absolute atomic E-state index is 0.0549. The van der Waals surface area contributed by atoms with Gasteiger partial charge in [-0.3, -0.25) is 9.59 Å². The third-order valence-electron chi connectivity index (χ3n) is 4.75. The summed E-state index contributed by atoms with van der Waals surface area (Å²) in [6, 6.07) is 6.25. The Bertz CT molecular complexity index is 784. The van der Waals surface area contributed by atoms with Crippen LogP contribution in [-0.4, -0.2) is 68.8 Å². The van der Waals surface area contributed by atoms with Gasteiger partial charge in [0, 0.05) is 44.7 Å². The number of nitrogens with zero attached hydrogens (tertiary/aromatic N) is 2. The van der Waals surface area contributed by atoms with E-state index in [0.717, 1.165) is 12.8 Å². The summed E-state index contributed by atoms with van der Waals surface area (Å²) in [6.45, 7) is 3.21. The molecule has 27 heavy (non-hydrogen) atoms. The Morgan fingerprint density at radius 1 is 1.04 bits per heavy atom. The van der Waals surface area contributed by atoms with Crippen LogP contribution < -0.4 is 5.32 Å². The predicted octanol–water partition coefficient (Wildman–Crippen LogP) is 1.05. The van der Waals surface area contributed by atoms with Crippen molar-refractivity contribution in [1.29, 1.82) is 0 Å². The van der Waals surface area contributed by atoms with Crippen LogP contribution >= 0.6 is 0 Å². The van der Waals surface area contributed by atoms with Crippen LogP contribution in [-0.2, 0) is 24.3 Å². The number of hydrogen-bond donors (Lipinski definition) is 1. The number of nitrogens with one attached hydrogen (secondary N) is 1. The van der Waals surface area contributed by atoms with Gasteiger partial charge in [-0.2, -0.15) is 4.31 Å². The fraction of sp³-hybridized carbons (Fsp3) is 0.556. The number of carbonyl (C=O) groups is 2. The molecule has 9 heteroatoms. The molecular formula is C18H25N3O5S. The molecule has 0 atom stereocenters. The maximum atomic E-state index is 12.6. The molecule has 1 aromatic carbocycles. The van der Waals surface area contributed by atoms with Crippen LogP contribution in [0.5, 0.6) is 0 Å². The molecule has 2 saturated heterocycles. The van der Waals surface area contributed by atoms with Crippen molar-refractivity contribution in [2.45, 2.75) is 30.6 Å². The van der Waals surface area contributed by atoms with Crippen LogP contribution in [0, 0.1) is 0 Å². The third-order valence-corrected chi connectivity index (χ3v) is 6.64. The van der Waals surface area contributed by atoms with Crippen LogP contribution in [0.2, 0.25) is 0 Å². The van der Waals surface area contributed by atoms with Gasteiger partial charge in [0.15, 0.2) is 0 Å². The first kappa shape index (κ1) is 19.8. The Kier molecular flexibility index (Phi) is 6.46. The maximum absolute atomic E-state index is 12.6. The number of rotatable bonds is 6. The van der Waals surface area contributed by atoms with Crippen LogP contribution in [0.4, 0.5) is 5.69 Å². The van der Waals surface area contributed by atoms with Gasteiger partial charge < -0.3 is 15.0 Å². The second-order valence-corrected chi connectivity index (χ2v) is 8.62. The van der Waals surface area contributed by atoms with Gasteiger partial charge in [-0.15, -0.1) is 0 Å². The van der Waals surface area contributed by atoms with E-state index in [2.05, 4.69) is 5.32 Å². The van der Waals surface area contributed by atoms with Crippen LogP contribution in [0.25, 0.3) is 0 Å². The summed E-state index contributed by atoms with van der Waals surface area (Å²) in [5.74, 6) is -0.383. The molecule has 8 nitrogen and oxygen atoms in total. The lowest BCUT2D eigenvalue weighted by Crippen LogP contribution is -2.40. The molecule has 2 aliphatic heterocycles. The molecule has 0 aromatic heterocycles. The normalized spacial score (nSPS) is 18.4. The standard InChI is InChI=1S/C18H25N3O5S/c22-17(6-7-18(23)20-10-12-26-13-11-20)19-15-4-3-5-16(14-15)27(24,25)21-8-1-2-9-21/h3-5,14H,1-2,6-13H2,(H,19,22). The highest BCUT2D eigenvalue weighted by molar-refractivity contribution is 7.89. The van der Waals surface area contributed by atoms with Gasteiger partial charge >= 0.3 is 0 Å². The van der Waals surface area contributed by atoms with Crippen LogP contribution in [0.15, 0.2) is 29.2 Å². The highest BCUT2D eigenvalue weighted by atomic mass is 32.2. The first-order chi connectivity index (χ1) is 13.0. The SMILES string of the molecule is O=C(CCC(=O)N1CCOCC1)Nc1cccc(S(=O)(=O)N2CCCC2)c1.